The molecule has 3 heteroatoms. The highest BCUT2D eigenvalue weighted by atomic mass is 35.5. The van der Waals surface area contributed by atoms with E-state index in [-0.39, 0.29) is 5.92 Å². The number of aldehydes is 1. The van der Waals surface area contributed by atoms with E-state index < -0.39 is 17.4 Å². The largest absolute Gasteiger partial charge is 0.391 e. The predicted molar refractivity (Wildman–Crippen MR) is 70.2 cm³/mol. The molecule has 17 heavy (non-hydrogen) atoms. The molecule has 0 saturated carbocycles. The fourth-order valence-electron chi connectivity index (χ4n) is 1.83. The Morgan fingerprint density at radius 1 is 1.29 bits per heavy atom. The Kier molecular flexibility index (Phi) is 5.66. The van der Waals surface area contributed by atoms with E-state index in [1.54, 1.807) is 0 Å². The molecular formula is C14H19ClO2. The lowest BCUT2D eigenvalue weighted by molar-refractivity contribution is -0.116. The highest BCUT2D eigenvalue weighted by molar-refractivity contribution is 6.21. The SMILES string of the molecule is CC(C)[C@H](C=O)[C@@H](O)C(Cl)Cc1ccccc1. The summed E-state index contributed by atoms with van der Waals surface area (Å²) in [5.74, 6) is -0.305. The highest BCUT2D eigenvalue weighted by Gasteiger charge is 2.28. The van der Waals surface area contributed by atoms with Gasteiger partial charge in [0, 0.05) is 5.92 Å². The number of aliphatic hydroxyl groups is 1. The number of hydrogen-bond donors (Lipinski definition) is 1. The lowest BCUT2D eigenvalue weighted by Gasteiger charge is -2.25. The van der Waals surface area contributed by atoms with Crippen LogP contribution in [0.2, 0.25) is 0 Å². The second kappa shape index (κ2) is 6.77. The van der Waals surface area contributed by atoms with Crippen molar-refractivity contribution in [3.05, 3.63) is 35.9 Å². The third-order valence-corrected chi connectivity index (χ3v) is 3.38. The summed E-state index contributed by atoms with van der Waals surface area (Å²) in [6.45, 7) is 3.82. The fourth-order valence-corrected chi connectivity index (χ4v) is 2.18. The summed E-state index contributed by atoms with van der Waals surface area (Å²) in [6.07, 6.45) is 0.574. The van der Waals surface area contributed by atoms with Gasteiger partial charge in [-0.1, -0.05) is 44.2 Å². The van der Waals surface area contributed by atoms with Crippen molar-refractivity contribution in [3.63, 3.8) is 0 Å². The van der Waals surface area contributed by atoms with Crippen molar-refractivity contribution in [2.45, 2.75) is 31.7 Å². The van der Waals surface area contributed by atoms with Gasteiger partial charge in [-0.3, -0.25) is 0 Å². The van der Waals surface area contributed by atoms with E-state index in [1.165, 1.54) is 0 Å². The van der Waals surface area contributed by atoms with Crippen LogP contribution in [0.15, 0.2) is 30.3 Å². The molecule has 0 fully saturated rings. The van der Waals surface area contributed by atoms with Gasteiger partial charge >= 0.3 is 0 Å². The summed E-state index contributed by atoms with van der Waals surface area (Å²) in [5, 5.41) is 9.61. The number of halogens is 1. The van der Waals surface area contributed by atoms with Gasteiger partial charge in [0.25, 0.3) is 0 Å². The summed E-state index contributed by atoms with van der Waals surface area (Å²) in [4.78, 5) is 10.9. The van der Waals surface area contributed by atoms with Crippen LogP contribution in [0, 0.1) is 11.8 Å². The van der Waals surface area contributed by atoms with Crippen molar-refractivity contribution in [3.8, 4) is 0 Å². The topological polar surface area (TPSA) is 37.3 Å². The van der Waals surface area contributed by atoms with E-state index in [2.05, 4.69) is 0 Å². The van der Waals surface area contributed by atoms with Crippen LogP contribution in [-0.4, -0.2) is 22.9 Å². The Bertz CT molecular complexity index is 337. The van der Waals surface area contributed by atoms with Gasteiger partial charge < -0.3 is 9.90 Å². The maximum atomic E-state index is 10.9. The minimum Gasteiger partial charge on any atom is -0.391 e. The molecule has 0 spiro atoms. The normalized spacial score (nSPS) is 16.5. The molecule has 0 aliphatic carbocycles. The molecule has 0 heterocycles. The molecule has 0 radical (unpaired) electrons. The lowest BCUT2D eigenvalue weighted by Crippen LogP contribution is -2.35. The number of carbonyl (C=O) groups excluding carboxylic acids is 1. The molecule has 0 aliphatic heterocycles. The Morgan fingerprint density at radius 2 is 1.88 bits per heavy atom. The van der Waals surface area contributed by atoms with Gasteiger partial charge in [0.15, 0.2) is 0 Å². The number of alkyl halides is 1. The van der Waals surface area contributed by atoms with Crippen LogP contribution < -0.4 is 0 Å². The Hall–Kier alpha value is -0.860. The van der Waals surface area contributed by atoms with E-state index >= 15 is 0 Å². The van der Waals surface area contributed by atoms with Gasteiger partial charge in [0.05, 0.1) is 11.5 Å². The van der Waals surface area contributed by atoms with E-state index in [0.29, 0.717) is 6.42 Å². The maximum absolute atomic E-state index is 10.9. The number of rotatable bonds is 6. The molecule has 0 aromatic heterocycles. The first-order chi connectivity index (χ1) is 8.06. The average Bonchev–Trinajstić information content (AvgIpc) is 2.30. The van der Waals surface area contributed by atoms with Crippen LogP contribution in [0.25, 0.3) is 0 Å². The average molecular weight is 255 g/mol. The van der Waals surface area contributed by atoms with Crippen LogP contribution in [0.5, 0.6) is 0 Å². The molecule has 1 N–H and O–H groups in total. The minimum atomic E-state index is -0.797. The summed E-state index contributed by atoms with van der Waals surface area (Å²) >= 11 is 6.17. The minimum absolute atomic E-state index is 0.0968. The fraction of sp³-hybridized carbons (Fsp3) is 0.500. The van der Waals surface area contributed by atoms with Crippen LogP contribution in [0.1, 0.15) is 19.4 Å². The summed E-state index contributed by atoms with van der Waals surface area (Å²) in [5.41, 5.74) is 1.07. The first-order valence-electron chi connectivity index (χ1n) is 5.87. The molecular weight excluding hydrogens is 236 g/mol. The van der Waals surface area contributed by atoms with E-state index in [1.807, 2.05) is 44.2 Å². The van der Waals surface area contributed by atoms with Gasteiger partial charge in [-0.15, -0.1) is 11.6 Å². The smallest absolute Gasteiger partial charge is 0.125 e. The third-order valence-electron chi connectivity index (χ3n) is 2.97. The molecule has 1 unspecified atom stereocenters. The second-order valence-corrected chi connectivity index (χ2v) is 5.21. The zero-order chi connectivity index (χ0) is 12.8. The van der Waals surface area contributed by atoms with Crippen LogP contribution in [-0.2, 0) is 11.2 Å². The Balaban J connectivity index is 2.63. The van der Waals surface area contributed by atoms with Gasteiger partial charge in [-0.25, -0.2) is 0 Å². The third kappa shape index (κ3) is 4.14. The molecule has 94 valence electrons. The quantitative estimate of drug-likeness (QED) is 0.626. The molecule has 0 bridgehead atoms. The first kappa shape index (κ1) is 14.2. The number of carbonyl (C=O) groups is 1. The van der Waals surface area contributed by atoms with Crippen molar-refractivity contribution in [2.75, 3.05) is 0 Å². The molecule has 0 aliphatic rings. The zero-order valence-electron chi connectivity index (χ0n) is 10.2. The molecule has 2 nitrogen and oxygen atoms in total. The van der Waals surface area contributed by atoms with E-state index in [9.17, 15) is 9.90 Å². The molecule has 0 saturated heterocycles. The molecule has 0 amide bonds. The molecule has 1 rings (SSSR count). The predicted octanol–water partition coefficient (Wildman–Crippen LogP) is 2.67. The van der Waals surface area contributed by atoms with Crippen LogP contribution in [0.4, 0.5) is 0 Å². The first-order valence-corrected chi connectivity index (χ1v) is 6.31. The van der Waals surface area contributed by atoms with Crippen LogP contribution in [0.3, 0.4) is 0 Å². The van der Waals surface area contributed by atoms with E-state index in [0.717, 1.165) is 11.8 Å². The van der Waals surface area contributed by atoms with Crippen molar-refractivity contribution in [1.82, 2.24) is 0 Å². The number of hydrogen-bond acceptors (Lipinski definition) is 2. The van der Waals surface area contributed by atoms with Crippen molar-refractivity contribution < 1.29 is 9.90 Å². The highest BCUT2D eigenvalue weighted by Crippen LogP contribution is 2.21. The maximum Gasteiger partial charge on any atom is 0.125 e. The van der Waals surface area contributed by atoms with Gasteiger partial charge in [-0.2, -0.15) is 0 Å². The molecule has 3 atom stereocenters. The lowest BCUT2D eigenvalue weighted by atomic mass is 9.88. The zero-order valence-corrected chi connectivity index (χ0v) is 11.0. The monoisotopic (exact) mass is 254 g/mol. The van der Waals surface area contributed by atoms with Crippen LogP contribution >= 0.6 is 11.6 Å². The molecule has 1 aromatic rings. The molecule has 1 aromatic carbocycles. The van der Waals surface area contributed by atoms with Crippen molar-refractivity contribution in [2.24, 2.45) is 11.8 Å². The van der Waals surface area contributed by atoms with Gasteiger partial charge in [0.1, 0.15) is 6.29 Å². The van der Waals surface area contributed by atoms with Crippen molar-refractivity contribution in [1.29, 1.82) is 0 Å². The Morgan fingerprint density at radius 3 is 2.35 bits per heavy atom. The summed E-state index contributed by atoms with van der Waals surface area (Å²) in [6, 6.07) is 9.74. The van der Waals surface area contributed by atoms with Gasteiger partial charge in [0.2, 0.25) is 0 Å². The van der Waals surface area contributed by atoms with E-state index in [4.69, 9.17) is 11.6 Å². The standard InChI is InChI=1S/C14H19ClO2/c1-10(2)12(9-16)14(17)13(15)8-11-6-4-3-5-7-11/h3-7,9-10,12-14,17H,8H2,1-2H3/t12-,13?,14+/m0/s1. The van der Waals surface area contributed by atoms with Crippen molar-refractivity contribution >= 4 is 17.9 Å². The number of aliphatic hydroxyl groups excluding tert-OH is 1. The summed E-state index contributed by atoms with van der Waals surface area (Å²) in [7, 11) is 0. The summed E-state index contributed by atoms with van der Waals surface area (Å²) < 4.78 is 0. The Labute approximate surface area is 108 Å². The van der Waals surface area contributed by atoms with Gasteiger partial charge in [-0.05, 0) is 17.9 Å². The number of benzene rings is 1. The second-order valence-electron chi connectivity index (χ2n) is 4.65.